The van der Waals surface area contributed by atoms with Gasteiger partial charge in [0.2, 0.25) is 0 Å². The maximum atomic E-state index is 12.8. The summed E-state index contributed by atoms with van der Waals surface area (Å²) in [6, 6.07) is 12.8. The first-order valence-corrected chi connectivity index (χ1v) is 8.45. The first kappa shape index (κ1) is 18.6. The predicted octanol–water partition coefficient (Wildman–Crippen LogP) is 3.51. The van der Waals surface area contributed by atoms with Crippen LogP contribution in [0.2, 0.25) is 0 Å². The summed E-state index contributed by atoms with van der Waals surface area (Å²) in [5, 5.41) is 2.79. The van der Waals surface area contributed by atoms with Crippen molar-refractivity contribution in [3.63, 3.8) is 0 Å². The van der Waals surface area contributed by atoms with Crippen LogP contribution in [0.3, 0.4) is 0 Å². The van der Waals surface area contributed by atoms with Crippen LogP contribution in [-0.2, 0) is 11.2 Å². The molecule has 0 bridgehead atoms. The van der Waals surface area contributed by atoms with Gasteiger partial charge >= 0.3 is 0 Å². The van der Waals surface area contributed by atoms with E-state index in [9.17, 15) is 14.0 Å². The Labute approximate surface area is 147 Å². The van der Waals surface area contributed by atoms with Crippen LogP contribution in [-0.4, -0.2) is 18.2 Å². The first-order valence-electron chi connectivity index (χ1n) is 8.45. The number of anilines is 1. The molecule has 5 heteroatoms. The third-order valence-corrected chi connectivity index (χ3v) is 3.97. The summed E-state index contributed by atoms with van der Waals surface area (Å²) in [7, 11) is 0. The number of benzene rings is 2. The predicted molar refractivity (Wildman–Crippen MR) is 96.8 cm³/mol. The quantitative estimate of drug-likeness (QED) is 0.541. The maximum Gasteiger partial charge on any atom is 0.251 e. The molecule has 0 fully saturated rings. The lowest BCUT2D eigenvalue weighted by atomic mass is 10.0. The summed E-state index contributed by atoms with van der Waals surface area (Å²) in [6.07, 6.45) is 3.33. The lowest BCUT2D eigenvalue weighted by Crippen LogP contribution is -2.24. The molecule has 1 amide bonds. The molecule has 0 aliphatic carbocycles. The fourth-order valence-corrected chi connectivity index (χ4v) is 2.53. The molecule has 132 valence electrons. The fourth-order valence-electron chi connectivity index (χ4n) is 2.53. The van der Waals surface area contributed by atoms with Crippen LogP contribution in [0.15, 0.2) is 48.5 Å². The van der Waals surface area contributed by atoms with Crippen molar-refractivity contribution in [1.82, 2.24) is 5.32 Å². The largest absolute Gasteiger partial charge is 0.398 e. The summed E-state index contributed by atoms with van der Waals surface area (Å²) < 4.78 is 12.8. The Morgan fingerprint density at radius 3 is 2.40 bits per heavy atom. The number of rotatable bonds is 9. The molecular formula is C20H23FN2O2. The summed E-state index contributed by atoms with van der Waals surface area (Å²) in [4.78, 5) is 23.8. The van der Waals surface area contributed by atoms with Gasteiger partial charge in [0, 0.05) is 30.6 Å². The molecule has 25 heavy (non-hydrogen) atoms. The van der Waals surface area contributed by atoms with E-state index in [0.29, 0.717) is 30.6 Å². The number of carbonyl (C=O) groups is 2. The van der Waals surface area contributed by atoms with E-state index in [2.05, 4.69) is 5.32 Å². The van der Waals surface area contributed by atoms with Gasteiger partial charge in [-0.05, 0) is 48.7 Å². The zero-order valence-corrected chi connectivity index (χ0v) is 14.1. The second kappa shape index (κ2) is 9.57. The van der Waals surface area contributed by atoms with E-state index in [1.807, 2.05) is 18.2 Å². The van der Waals surface area contributed by atoms with Gasteiger partial charge in [0.05, 0.1) is 0 Å². The second-order valence-corrected chi connectivity index (χ2v) is 5.99. The molecule has 4 nitrogen and oxygen atoms in total. The van der Waals surface area contributed by atoms with Crippen molar-refractivity contribution in [2.24, 2.45) is 0 Å². The SMILES string of the molecule is Nc1ccccc1CC(=O)CCCCCNC(=O)c1ccc(F)cc1. The Kier molecular flexibility index (Phi) is 7.14. The summed E-state index contributed by atoms with van der Waals surface area (Å²) in [5.74, 6) is -0.401. The molecule has 0 atom stereocenters. The van der Waals surface area contributed by atoms with Gasteiger partial charge in [-0.3, -0.25) is 9.59 Å². The molecule has 0 saturated carbocycles. The Morgan fingerprint density at radius 1 is 0.960 bits per heavy atom. The third-order valence-electron chi connectivity index (χ3n) is 3.97. The molecule has 0 aromatic heterocycles. The minimum absolute atomic E-state index is 0.174. The van der Waals surface area contributed by atoms with Crippen LogP contribution in [0.5, 0.6) is 0 Å². The normalized spacial score (nSPS) is 10.4. The van der Waals surface area contributed by atoms with E-state index >= 15 is 0 Å². The highest BCUT2D eigenvalue weighted by Gasteiger charge is 2.07. The van der Waals surface area contributed by atoms with Crippen LogP contribution in [0.4, 0.5) is 10.1 Å². The van der Waals surface area contributed by atoms with Gasteiger partial charge in [-0.15, -0.1) is 0 Å². The zero-order chi connectivity index (χ0) is 18.1. The van der Waals surface area contributed by atoms with Gasteiger partial charge in [0.1, 0.15) is 11.6 Å². The number of amides is 1. The van der Waals surface area contributed by atoms with Crippen molar-refractivity contribution in [3.05, 3.63) is 65.5 Å². The Hall–Kier alpha value is -2.69. The summed E-state index contributed by atoms with van der Waals surface area (Å²) >= 11 is 0. The number of hydrogen-bond acceptors (Lipinski definition) is 3. The molecule has 2 aromatic carbocycles. The molecule has 0 aliphatic heterocycles. The number of hydrogen-bond donors (Lipinski definition) is 2. The molecule has 2 aromatic rings. The smallest absolute Gasteiger partial charge is 0.251 e. The number of ketones is 1. The third kappa shape index (κ3) is 6.37. The number of nitrogen functional groups attached to an aromatic ring is 1. The average Bonchev–Trinajstić information content (AvgIpc) is 2.60. The van der Waals surface area contributed by atoms with Crippen molar-refractivity contribution in [1.29, 1.82) is 0 Å². The van der Waals surface area contributed by atoms with E-state index in [-0.39, 0.29) is 17.5 Å². The minimum Gasteiger partial charge on any atom is -0.398 e. The minimum atomic E-state index is -0.363. The van der Waals surface area contributed by atoms with Crippen LogP contribution >= 0.6 is 0 Å². The Bertz CT molecular complexity index is 714. The highest BCUT2D eigenvalue weighted by Crippen LogP contribution is 2.13. The molecular weight excluding hydrogens is 319 g/mol. The molecule has 0 heterocycles. The van der Waals surface area contributed by atoms with E-state index in [0.717, 1.165) is 24.8 Å². The van der Waals surface area contributed by atoms with Crippen molar-refractivity contribution >= 4 is 17.4 Å². The first-order chi connectivity index (χ1) is 12.1. The van der Waals surface area contributed by atoms with Gasteiger partial charge in [0.15, 0.2) is 0 Å². The highest BCUT2D eigenvalue weighted by molar-refractivity contribution is 5.94. The number of para-hydroxylation sites is 1. The molecule has 0 unspecified atom stereocenters. The fraction of sp³-hybridized carbons (Fsp3) is 0.300. The molecule has 0 aliphatic rings. The standard InChI is InChI=1S/C20H23FN2O2/c21-17-11-9-15(10-12-17)20(25)23-13-5-1-2-7-18(24)14-16-6-3-4-8-19(16)22/h3-4,6,8-12H,1-2,5,7,13-14,22H2,(H,23,25). The van der Waals surface area contributed by atoms with Gasteiger partial charge in [-0.2, -0.15) is 0 Å². The van der Waals surface area contributed by atoms with Crippen molar-refractivity contribution in [2.75, 3.05) is 12.3 Å². The second-order valence-electron chi connectivity index (χ2n) is 5.99. The van der Waals surface area contributed by atoms with E-state index in [1.54, 1.807) is 6.07 Å². The van der Waals surface area contributed by atoms with Crippen molar-refractivity contribution < 1.29 is 14.0 Å². The summed E-state index contributed by atoms with van der Waals surface area (Å²) in [5.41, 5.74) is 7.80. The number of carbonyl (C=O) groups excluding carboxylic acids is 2. The van der Waals surface area contributed by atoms with E-state index in [4.69, 9.17) is 5.73 Å². The molecule has 2 rings (SSSR count). The number of unbranched alkanes of at least 4 members (excludes halogenated alkanes) is 2. The topological polar surface area (TPSA) is 72.2 Å². The number of nitrogens with two attached hydrogens (primary N) is 1. The number of halogens is 1. The molecule has 3 N–H and O–H groups in total. The van der Waals surface area contributed by atoms with Crippen LogP contribution in [0, 0.1) is 5.82 Å². The van der Waals surface area contributed by atoms with Crippen molar-refractivity contribution in [3.8, 4) is 0 Å². The summed E-state index contributed by atoms with van der Waals surface area (Å²) in [6.45, 7) is 0.538. The Balaban J connectivity index is 1.58. The lowest BCUT2D eigenvalue weighted by Gasteiger charge is -2.06. The molecule has 0 radical (unpaired) electrons. The zero-order valence-electron chi connectivity index (χ0n) is 14.1. The van der Waals surface area contributed by atoms with Gasteiger partial charge < -0.3 is 11.1 Å². The van der Waals surface area contributed by atoms with Crippen LogP contribution in [0.25, 0.3) is 0 Å². The van der Waals surface area contributed by atoms with Crippen LogP contribution in [0.1, 0.15) is 41.6 Å². The van der Waals surface area contributed by atoms with Gasteiger partial charge in [0.25, 0.3) is 5.91 Å². The number of nitrogens with one attached hydrogen (secondary N) is 1. The monoisotopic (exact) mass is 342 g/mol. The average molecular weight is 342 g/mol. The maximum absolute atomic E-state index is 12.8. The molecule has 0 saturated heterocycles. The van der Waals surface area contributed by atoms with Gasteiger partial charge in [-0.25, -0.2) is 4.39 Å². The number of Topliss-reactive ketones (excluding diaryl/α,β-unsaturated/α-hetero) is 1. The highest BCUT2D eigenvalue weighted by atomic mass is 19.1. The molecule has 0 spiro atoms. The lowest BCUT2D eigenvalue weighted by molar-refractivity contribution is -0.118. The van der Waals surface area contributed by atoms with E-state index < -0.39 is 0 Å². The van der Waals surface area contributed by atoms with Crippen molar-refractivity contribution in [2.45, 2.75) is 32.1 Å². The Morgan fingerprint density at radius 2 is 1.68 bits per heavy atom. The van der Waals surface area contributed by atoms with E-state index in [1.165, 1.54) is 24.3 Å². The van der Waals surface area contributed by atoms with Crippen LogP contribution < -0.4 is 11.1 Å². The van der Waals surface area contributed by atoms with Gasteiger partial charge in [-0.1, -0.05) is 24.6 Å².